The highest BCUT2D eigenvalue weighted by atomic mass is 19.1. The van der Waals surface area contributed by atoms with Crippen LogP contribution in [0.2, 0.25) is 0 Å². The van der Waals surface area contributed by atoms with Crippen molar-refractivity contribution >= 4 is 0 Å². The Morgan fingerprint density at radius 1 is 0.952 bits per heavy atom. The van der Waals surface area contributed by atoms with E-state index in [1.54, 1.807) is 6.07 Å². The van der Waals surface area contributed by atoms with E-state index in [2.05, 4.69) is 5.32 Å². The summed E-state index contributed by atoms with van der Waals surface area (Å²) in [7, 11) is 1.82. The van der Waals surface area contributed by atoms with Crippen molar-refractivity contribution in [2.45, 2.75) is 12.8 Å². The zero-order valence-electron chi connectivity index (χ0n) is 11.9. The maximum absolute atomic E-state index is 13.7. The van der Waals surface area contributed by atoms with Crippen LogP contribution in [-0.2, 0) is 12.8 Å². The summed E-state index contributed by atoms with van der Waals surface area (Å²) >= 11 is 0. The Kier molecular flexibility index (Phi) is 5.39. The van der Waals surface area contributed by atoms with Crippen LogP contribution < -0.4 is 5.32 Å². The number of rotatable bonds is 6. The van der Waals surface area contributed by atoms with Crippen molar-refractivity contribution in [3.63, 3.8) is 0 Å². The van der Waals surface area contributed by atoms with E-state index in [4.69, 9.17) is 0 Å². The average Bonchev–Trinajstić information content (AvgIpc) is 2.42. The van der Waals surface area contributed by atoms with Gasteiger partial charge in [0.05, 0.1) is 0 Å². The molecule has 0 aromatic heterocycles. The lowest BCUT2D eigenvalue weighted by Crippen LogP contribution is -2.23. The van der Waals surface area contributed by atoms with Crippen molar-refractivity contribution < 1.29 is 13.2 Å². The Balaban J connectivity index is 2.11. The molecule has 0 aliphatic carbocycles. The molecule has 1 atom stereocenters. The molecule has 112 valence electrons. The summed E-state index contributed by atoms with van der Waals surface area (Å²) in [5, 5.41) is 3.06. The monoisotopic (exact) mass is 293 g/mol. The zero-order chi connectivity index (χ0) is 15.2. The minimum atomic E-state index is -0.577. The third-order valence-electron chi connectivity index (χ3n) is 3.43. The second-order valence-electron chi connectivity index (χ2n) is 5.20. The van der Waals surface area contributed by atoms with Gasteiger partial charge < -0.3 is 5.32 Å². The van der Waals surface area contributed by atoms with Crippen LogP contribution in [0.4, 0.5) is 13.2 Å². The largest absolute Gasteiger partial charge is 0.319 e. The van der Waals surface area contributed by atoms with Gasteiger partial charge in [0.1, 0.15) is 17.5 Å². The van der Waals surface area contributed by atoms with E-state index >= 15 is 0 Å². The predicted molar refractivity (Wildman–Crippen MR) is 77.6 cm³/mol. The standard InChI is InChI=1S/C17H18F3N/c1-21-11-13(7-12-3-2-4-15(18)9-12)8-14-5-6-16(19)10-17(14)20/h2-6,9-10,13,21H,7-8,11H2,1H3. The van der Waals surface area contributed by atoms with Gasteiger partial charge in [-0.2, -0.15) is 0 Å². The summed E-state index contributed by atoms with van der Waals surface area (Å²) in [6, 6.07) is 10.0. The highest BCUT2D eigenvalue weighted by molar-refractivity contribution is 5.21. The van der Waals surface area contributed by atoms with Crippen molar-refractivity contribution in [2.75, 3.05) is 13.6 Å². The van der Waals surface area contributed by atoms with Gasteiger partial charge >= 0.3 is 0 Å². The van der Waals surface area contributed by atoms with Crippen molar-refractivity contribution in [3.05, 3.63) is 71.0 Å². The summed E-state index contributed by atoms with van der Waals surface area (Å²) in [6.07, 6.45) is 1.11. The molecule has 1 unspecified atom stereocenters. The van der Waals surface area contributed by atoms with E-state index in [0.717, 1.165) is 11.6 Å². The fraction of sp³-hybridized carbons (Fsp3) is 0.294. The molecular formula is C17H18F3N. The normalized spacial score (nSPS) is 12.4. The van der Waals surface area contributed by atoms with Gasteiger partial charge in [-0.25, -0.2) is 13.2 Å². The summed E-state index contributed by atoms with van der Waals surface area (Å²) in [5.41, 5.74) is 1.35. The first-order valence-electron chi connectivity index (χ1n) is 6.91. The van der Waals surface area contributed by atoms with Gasteiger partial charge in [0, 0.05) is 6.07 Å². The summed E-state index contributed by atoms with van der Waals surface area (Å²) in [5.74, 6) is -1.28. The lowest BCUT2D eigenvalue weighted by molar-refractivity contribution is 0.476. The van der Waals surface area contributed by atoms with Crippen LogP contribution >= 0.6 is 0 Å². The van der Waals surface area contributed by atoms with Crippen LogP contribution in [0, 0.1) is 23.4 Å². The highest BCUT2D eigenvalue weighted by Crippen LogP contribution is 2.18. The molecule has 0 saturated heterocycles. The van der Waals surface area contributed by atoms with Gasteiger partial charge in [0.2, 0.25) is 0 Å². The van der Waals surface area contributed by atoms with Crippen molar-refractivity contribution in [3.8, 4) is 0 Å². The van der Waals surface area contributed by atoms with Crippen molar-refractivity contribution in [1.29, 1.82) is 0 Å². The summed E-state index contributed by atoms with van der Waals surface area (Å²) in [6.45, 7) is 0.674. The lowest BCUT2D eigenvalue weighted by atomic mass is 9.92. The first-order valence-corrected chi connectivity index (χ1v) is 6.91. The van der Waals surface area contributed by atoms with Crippen LogP contribution in [0.5, 0.6) is 0 Å². The van der Waals surface area contributed by atoms with E-state index in [1.165, 1.54) is 24.3 Å². The molecule has 2 aromatic carbocycles. The van der Waals surface area contributed by atoms with Gasteiger partial charge in [-0.05, 0) is 61.7 Å². The fourth-order valence-corrected chi connectivity index (χ4v) is 2.50. The molecule has 2 aromatic rings. The number of nitrogens with one attached hydrogen (secondary N) is 1. The molecular weight excluding hydrogens is 275 g/mol. The Bertz CT molecular complexity index is 598. The number of benzene rings is 2. The fourth-order valence-electron chi connectivity index (χ4n) is 2.50. The van der Waals surface area contributed by atoms with Gasteiger partial charge in [0.25, 0.3) is 0 Å². The third-order valence-corrected chi connectivity index (χ3v) is 3.43. The molecule has 1 nitrogen and oxygen atoms in total. The molecule has 1 N–H and O–H groups in total. The van der Waals surface area contributed by atoms with E-state index in [1.807, 2.05) is 13.1 Å². The van der Waals surface area contributed by atoms with Gasteiger partial charge in [-0.1, -0.05) is 18.2 Å². The smallest absolute Gasteiger partial charge is 0.129 e. The Morgan fingerprint density at radius 2 is 1.71 bits per heavy atom. The molecule has 0 saturated carbocycles. The summed E-state index contributed by atoms with van der Waals surface area (Å²) in [4.78, 5) is 0. The van der Waals surface area contributed by atoms with E-state index in [9.17, 15) is 13.2 Å². The predicted octanol–water partition coefficient (Wildman–Crippen LogP) is 3.72. The van der Waals surface area contributed by atoms with Crippen molar-refractivity contribution in [2.24, 2.45) is 5.92 Å². The molecule has 2 rings (SSSR count). The topological polar surface area (TPSA) is 12.0 Å². The van der Waals surface area contributed by atoms with Crippen LogP contribution in [0.3, 0.4) is 0 Å². The van der Waals surface area contributed by atoms with E-state index in [-0.39, 0.29) is 11.7 Å². The number of hydrogen-bond donors (Lipinski definition) is 1. The summed E-state index contributed by atoms with van der Waals surface area (Å²) < 4.78 is 39.9. The maximum Gasteiger partial charge on any atom is 0.129 e. The van der Waals surface area contributed by atoms with E-state index in [0.29, 0.717) is 24.9 Å². The Labute approximate surface area is 122 Å². The van der Waals surface area contributed by atoms with Crippen LogP contribution in [0.1, 0.15) is 11.1 Å². The minimum Gasteiger partial charge on any atom is -0.319 e. The molecule has 0 heterocycles. The number of hydrogen-bond acceptors (Lipinski definition) is 1. The maximum atomic E-state index is 13.7. The number of halogens is 3. The van der Waals surface area contributed by atoms with E-state index < -0.39 is 11.6 Å². The zero-order valence-corrected chi connectivity index (χ0v) is 11.9. The van der Waals surface area contributed by atoms with Gasteiger partial charge in [0.15, 0.2) is 0 Å². The molecule has 0 amide bonds. The molecule has 0 aliphatic heterocycles. The highest BCUT2D eigenvalue weighted by Gasteiger charge is 2.13. The second kappa shape index (κ2) is 7.27. The molecule has 4 heteroatoms. The van der Waals surface area contributed by atoms with Gasteiger partial charge in [-0.15, -0.1) is 0 Å². The quantitative estimate of drug-likeness (QED) is 0.856. The molecule has 0 spiro atoms. The average molecular weight is 293 g/mol. The lowest BCUT2D eigenvalue weighted by Gasteiger charge is -2.17. The Morgan fingerprint density at radius 3 is 2.38 bits per heavy atom. The third kappa shape index (κ3) is 4.60. The van der Waals surface area contributed by atoms with Crippen LogP contribution in [-0.4, -0.2) is 13.6 Å². The molecule has 0 aliphatic rings. The van der Waals surface area contributed by atoms with Crippen LogP contribution in [0.25, 0.3) is 0 Å². The second-order valence-corrected chi connectivity index (χ2v) is 5.20. The molecule has 21 heavy (non-hydrogen) atoms. The Hall–Kier alpha value is -1.81. The van der Waals surface area contributed by atoms with Gasteiger partial charge in [-0.3, -0.25) is 0 Å². The first-order chi connectivity index (χ1) is 10.1. The van der Waals surface area contributed by atoms with Crippen molar-refractivity contribution in [1.82, 2.24) is 5.32 Å². The van der Waals surface area contributed by atoms with Crippen LogP contribution in [0.15, 0.2) is 42.5 Å². The molecule has 0 bridgehead atoms. The molecule has 0 fully saturated rings. The minimum absolute atomic E-state index is 0.108. The SMILES string of the molecule is CNCC(Cc1cccc(F)c1)Cc1ccc(F)cc1F. The molecule has 0 radical (unpaired) electrons. The first kappa shape index (κ1) is 15.6.